The number of sulfonamides is 1. The minimum atomic E-state index is -4.33. The Bertz CT molecular complexity index is 1530. The zero-order chi connectivity index (χ0) is 29.0. The van der Waals surface area contributed by atoms with Gasteiger partial charge in [-0.2, -0.15) is 13.5 Å². The Morgan fingerprint density at radius 2 is 1.48 bits per heavy atom. The van der Waals surface area contributed by atoms with Crippen LogP contribution in [0.2, 0.25) is 0 Å². The van der Waals surface area contributed by atoms with Gasteiger partial charge in [0.05, 0.1) is 17.4 Å². The molecule has 3 aromatic carbocycles. The Hall–Kier alpha value is -4.02. The molecule has 0 radical (unpaired) electrons. The minimum absolute atomic E-state index is 0.0613. The Morgan fingerprint density at radius 1 is 0.950 bits per heavy atom. The standard InChI is InChI=1S/C30H34FN5O3S/c1-6-26(35(4)5)27-19-28(33-36(27)20(2)3)40(38,39)34-30(37)32-29-24(21-13-9-7-10-14-21)17-23(31)18-25(29)22-15-11-8-12-16-22/h7-20,26H,6H2,1-5H3,(H2,32,34,37). The number of rotatable bonds is 9. The molecule has 2 N–H and O–H groups in total. The fraction of sp³-hybridized carbons (Fsp3) is 0.267. The van der Waals surface area contributed by atoms with Crippen LogP contribution >= 0.6 is 0 Å². The molecule has 210 valence electrons. The maximum atomic E-state index is 14.8. The molecule has 1 unspecified atom stereocenters. The molecule has 0 aliphatic rings. The highest BCUT2D eigenvalue weighted by atomic mass is 32.2. The molecule has 0 aliphatic heterocycles. The lowest BCUT2D eigenvalue weighted by atomic mass is 9.95. The van der Waals surface area contributed by atoms with E-state index < -0.39 is 21.9 Å². The second kappa shape index (κ2) is 12.0. The second-order valence-corrected chi connectivity index (χ2v) is 11.6. The summed E-state index contributed by atoms with van der Waals surface area (Å²) in [6.45, 7) is 5.85. The number of urea groups is 1. The third kappa shape index (κ3) is 6.24. The van der Waals surface area contributed by atoms with Crippen LogP contribution < -0.4 is 10.0 Å². The van der Waals surface area contributed by atoms with Gasteiger partial charge in [0.2, 0.25) is 0 Å². The summed E-state index contributed by atoms with van der Waals surface area (Å²) in [5.74, 6) is -0.491. The molecule has 0 saturated carbocycles. The van der Waals surface area contributed by atoms with Crippen molar-refractivity contribution in [3.63, 3.8) is 0 Å². The average molecular weight is 564 g/mol. The van der Waals surface area contributed by atoms with E-state index in [1.54, 1.807) is 53.2 Å². The predicted molar refractivity (Wildman–Crippen MR) is 156 cm³/mol. The molecule has 4 aromatic rings. The van der Waals surface area contributed by atoms with E-state index in [4.69, 9.17) is 0 Å². The first kappa shape index (κ1) is 29.0. The lowest BCUT2D eigenvalue weighted by molar-refractivity contribution is 0.256. The zero-order valence-electron chi connectivity index (χ0n) is 23.2. The van der Waals surface area contributed by atoms with E-state index in [0.29, 0.717) is 22.3 Å². The fourth-order valence-corrected chi connectivity index (χ4v) is 5.63. The second-order valence-electron chi connectivity index (χ2n) is 10.0. The van der Waals surface area contributed by atoms with Gasteiger partial charge in [-0.1, -0.05) is 67.6 Å². The number of aromatic nitrogens is 2. The zero-order valence-corrected chi connectivity index (χ0v) is 24.0. The summed E-state index contributed by atoms with van der Waals surface area (Å²) in [6, 6.07) is 21.0. The predicted octanol–water partition coefficient (Wildman–Crippen LogP) is 6.46. The van der Waals surface area contributed by atoms with Gasteiger partial charge in [0.25, 0.3) is 10.0 Å². The molecule has 4 rings (SSSR count). The van der Waals surface area contributed by atoms with Crippen LogP contribution in [0.3, 0.4) is 0 Å². The van der Waals surface area contributed by atoms with Crippen molar-refractivity contribution in [2.24, 2.45) is 0 Å². The van der Waals surface area contributed by atoms with Gasteiger partial charge in [-0.15, -0.1) is 0 Å². The minimum Gasteiger partial charge on any atom is -0.306 e. The highest BCUT2D eigenvalue weighted by Gasteiger charge is 2.28. The van der Waals surface area contributed by atoms with Crippen molar-refractivity contribution in [2.75, 3.05) is 19.4 Å². The number of carbonyl (C=O) groups is 1. The van der Waals surface area contributed by atoms with Crippen LogP contribution in [0.5, 0.6) is 0 Å². The summed E-state index contributed by atoms with van der Waals surface area (Å²) in [7, 11) is -0.493. The molecule has 0 fully saturated rings. The summed E-state index contributed by atoms with van der Waals surface area (Å²) in [6.07, 6.45) is 0.744. The lowest BCUT2D eigenvalue weighted by Crippen LogP contribution is -2.35. The molecule has 40 heavy (non-hydrogen) atoms. The van der Waals surface area contributed by atoms with Crippen molar-refractivity contribution >= 4 is 21.7 Å². The van der Waals surface area contributed by atoms with Crippen LogP contribution in [-0.2, 0) is 10.0 Å². The number of anilines is 1. The summed E-state index contributed by atoms with van der Waals surface area (Å²) < 4.78 is 45.3. The molecule has 10 heteroatoms. The largest absolute Gasteiger partial charge is 0.333 e. The Balaban J connectivity index is 1.73. The molecule has 0 bridgehead atoms. The van der Waals surface area contributed by atoms with Gasteiger partial charge in [0.1, 0.15) is 5.82 Å². The van der Waals surface area contributed by atoms with Crippen LogP contribution in [-0.4, -0.2) is 43.2 Å². The fourth-order valence-electron chi connectivity index (χ4n) is 4.76. The van der Waals surface area contributed by atoms with E-state index in [1.165, 1.54) is 18.2 Å². The molecule has 0 saturated heterocycles. The Labute approximate surface area is 234 Å². The van der Waals surface area contributed by atoms with E-state index in [2.05, 4.69) is 15.1 Å². The first-order valence-electron chi connectivity index (χ1n) is 13.1. The van der Waals surface area contributed by atoms with Crippen molar-refractivity contribution < 1.29 is 17.6 Å². The number of nitrogens with one attached hydrogen (secondary N) is 2. The molecular weight excluding hydrogens is 529 g/mol. The van der Waals surface area contributed by atoms with E-state index in [9.17, 15) is 17.6 Å². The summed E-state index contributed by atoms with van der Waals surface area (Å²) >= 11 is 0. The van der Waals surface area contributed by atoms with Crippen molar-refractivity contribution in [3.8, 4) is 22.3 Å². The number of amides is 2. The molecular formula is C30H34FN5O3S. The van der Waals surface area contributed by atoms with Gasteiger partial charge in [-0.25, -0.2) is 13.9 Å². The van der Waals surface area contributed by atoms with Crippen molar-refractivity contribution in [1.29, 1.82) is 0 Å². The van der Waals surface area contributed by atoms with Crippen LogP contribution in [0.15, 0.2) is 83.9 Å². The van der Waals surface area contributed by atoms with Gasteiger partial charge in [0, 0.05) is 23.2 Å². The number of hydrogen-bond acceptors (Lipinski definition) is 5. The van der Waals surface area contributed by atoms with Gasteiger partial charge in [-0.3, -0.25) is 4.68 Å². The third-order valence-corrected chi connectivity index (χ3v) is 7.80. The average Bonchev–Trinajstić information content (AvgIpc) is 3.37. The van der Waals surface area contributed by atoms with Gasteiger partial charge < -0.3 is 10.2 Å². The normalized spacial score (nSPS) is 12.5. The number of hydrogen-bond donors (Lipinski definition) is 2. The monoisotopic (exact) mass is 563 g/mol. The molecule has 0 aliphatic carbocycles. The molecule has 8 nitrogen and oxygen atoms in total. The van der Waals surface area contributed by atoms with Crippen molar-refractivity contribution in [2.45, 2.75) is 44.3 Å². The highest BCUT2D eigenvalue weighted by Crippen LogP contribution is 2.38. The number of carbonyl (C=O) groups excluding carboxylic acids is 1. The molecule has 0 spiro atoms. The van der Waals surface area contributed by atoms with Crippen LogP contribution in [0, 0.1) is 5.82 Å². The van der Waals surface area contributed by atoms with Gasteiger partial charge in [-0.05, 0) is 57.6 Å². The SMILES string of the molecule is CCC(c1cc(S(=O)(=O)NC(=O)Nc2c(-c3ccccc3)cc(F)cc2-c2ccccc2)nn1C(C)C)N(C)C. The molecule has 1 heterocycles. The van der Waals surface area contributed by atoms with Gasteiger partial charge in [0.15, 0.2) is 5.03 Å². The Kier molecular flexibility index (Phi) is 8.70. The van der Waals surface area contributed by atoms with Crippen molar-refractivity contribution in [1.82, 2.24) is 19.4 Å². The maximum Gasteiger partial charge on any atom is 0.333 e. The number of benzene rings is 3. The molecule has 1 aromatic heterocycles. The summed E-state index contributed by atoms with van der Waals surface area (Å²) in [5, 5.41) is 6.78. The lowest BCUT2D eigenvalue weighted by Gasteiger charge is -2.24. The van der Waals surface area contributed by atoms with E-state index in [-0.39, 0.29) is 22.8 Å². The third-order valence-electron chi connectivity index (χ3n) is 6.60. The van der Waals surface area contributed by atoms with E-state index in [1.807, 2.05) is 51.9 Å². The van der Waals surface area contributed by atoms with E-state index >= 15 is 0 Å². The maximum absolute atomic E-state index is 14.8. The number of nitrogens with zero attached hydrogens (tertiary/aromatic N) is 3. The van der Waals surface area contributed by atoms with Gasteiger partial charge >= 0.3 is 6.03 Å². The highest BCUT2D eigenvalue weighted by molar-refractivity contribution is 7.90. The smallest absolute Gasteiger partial charge is 0.306 e. The van der Waals surface area contributed by atoms with Crippen LogP contribution in [0.25, 0.3) is 22.3 Å². The first-order valence-corrected chi connectivity index (χ1v) is 14.5. The first-order chi connectivity index (χ1) is 19.0. The molecule has 2 amide bonds. The van der Waals surface area contributed by atoms with E-state index in [0.717, 1.165) is 12.1 Å². The number of halogens is 1. The summed E-state index contributed by atoms with van der Waals surface area (Å²) in [4.78, 5) is 15.2. The van der Waals surface area contributed by atoms with Crippen molar-refractivity contribution in [3.05, 3.63) is 90.4 Å². The van der Waals surface area contributed by atoms with Crippen LogP contribution in [0.1, 0.15) is 45.0 Å². The quantitative estimate of drug-likeness (QED) is 0.244. The summed E-state index contributed by atoms with van der Waals surface area (Å²) in [5.41, 5.74) is 3.15. The topological polar surface area (TPSA) is 96.3 Å². The Morgan fingerprint density at radius 3 is 1.93 bits per heavy atom. The van der Waals surface area contributed by atoms with Crippen LogP contribution in [0.4, 0.5) is 14.9 Å². The molecule has 1 atom stereocenters.